The van der Waals surface area contributed by atoms with E-state index in [-0.39, 0.29) is 12.1 Å². The summed E-state index contributed by atoms with van der Waals surface area (Å²) in [6.45, 7) is 2.33. The highest BCUT2D eigenvalue weighted by atomic mass is 16.3. The van der Waals surface area contributed by atoms with E-state index in [1.54, 1.807) is 0 Å². The van der Waals surface area contributed by atoms with E-state index in [1.165, 1.54) is 24.9 Å². The van der Waals surface area contributed by atoms with Crippen molar-refractivity contribution in [1.82, 2.24) is 10.2 Å². The number of nitrogens with one attached hydrogen (secondary N) is 1. The molecule has 1 atom stereocenters. The highest BCUT2D eigenvalue weighted by Gasteiger charge is 2.30. The third-order valence-corrected chi connectivity index (χ3v) is 4.26. The molecule has 2 rings (SSSR count). The average molecular weight is 262 g/mol. The van der Waals surface area contributed by atoms with Gasteiger partial charge in [-0.3, -0.25) is 0 Å². The monoisotopic (exact) mass is 262 g/mol. The van der Waals surface area contributed by atoms with Crippen LogP contribution in [0.4, 0.5) is 0 Å². The van der Waals surface area contributed by atoms with Gasteiger partial charge in [0, 0.05) is 13.1 Å². The minimum atomic E-state index is -0.320. The first kappa shape index (κ1) is 14.5. The van der Waals surface area contributed by atoms with Crippen LogP contribution in [0.1, 0.15) is 24.8 Å². The number of likely N-dealkylation sites (N-methyl/N-ethyl adjacent to an activating group) is 1. The van der Waals surface area contributed by atoms with Crippen LogP contribution >= 0.6 is 0 Å². The Balaban J connectivity index is 1.98. The second kappa shape index (κ2) is 6.51. The normalized spacial score (nSPS) is 18.5. The molecule has 19 heavy (non-hydrogen) atoms. The summed E-state index contributed by atoms with van der Waals surface area (Å²) in [7, 11) is 4.12. The lowest BCUT2D eigenvalue weighted by atomic mass is 9.87. The molecule has 106 valence electrons. The fraction of sp³-hybridized carbons (Fsp3) is 0.625. The van der Waals surface area contributed by atoms with Crippen LogP contribution in [0.25, 0.3) is 0 Å². The molecule has 0 aliphatic heterocycles. The standard InChI is InChI=1S/C16H26N2O/c1-17-16(13-19,15-6-4-3-5-7-15)10-11-18(2)12-14-8-9-14/h3-7,14,17,19H,8-13H2,1-2H3. The molecule has 0 bridgehead atoms. The quantitative estimate of drug-likeness (QED) is 0.750. The van der Waals surface area contributed by atoms with Crippen molar-refractivity contribution in [3.8, 4) is 0 Å². The second-order valence-electron chi connectivity index (χ2n) is 5.81. The Bertz CT molecular complexity index is 372. The van der Waals surface area contributed by atoms with E-state index in [2.05, 4.69) is 29.4 Å². The van der Waals surface area contributed by atoms with Gasteiger partial charge in [-0.2, -0.15) is 0 Å². The predicted octanol–water partition coefficient (Wildman–Crippen LogP) is 1.83. The Morgan fingerprint density at radius 1 is 1.32 bits per heavy atom. The van der Waals surface area contributed by atoms with Gasteiger partial charge in [-0.05, 0) is 44.8 Å². The minimum Gasteiger partial charge on any atom is -0.394 e. The van der Waals surface area contributed by atoms with E-state index < -0.39 is 0 Å². The lowest BCUT2D eigenvalue weighted by molar-refractivity contribution is 0.143. The molecule has 1 saturated carbocycles. The fourth-order valence-corrected chi connectivity index (χ4v) is 2.63. The lowest BCUT2D eigenvalue weighted by Crippen LogP contribution is -2.46. The maximum Gasteiger partial charge on any atom is 0.0678 e. The van der Waals surface area contributed by atoms with Crippen LogP contribution in [0.2, 0.25) is 0 Å². The molecule has 0 amide bonds. The molecule has 1 unspecified atom stereocenters. The Kier molecular flexibility index (Phi) is 4.97. The Morgan fingerprint density at radius 2 is 2.00 bits per heavy atom. The van der Waals surface area contributed by atoms with Crippen LogP contribution in [-0.2, 0) is 5.54 Å². The lowest BCUT2D eigenvalue weighted by Gasteiger charge is -2.34. The molecule has 0 radical (unpaired) electrons. The van der Waals surface area contributed by atoms with Crippen molar-refractivity contribution in [3.05, 3.63) is 35.9 Å². The van der Waals surface area contributed by atoms with E-state index in [1.807, 2.05) is 25.2 Å². The molecule has 0 heterocycles. The number of nitrogens with zero attached hydrogens (tertiary/aromatic N) is 1. The summed E-state index contributed by atoms with van der Waals surface area (Å²) in [6.07, 6.45) is 3.70. The van der Waals surface area contributed by atoms with E-state index >= 15 is 0 Å². The van der Waals surface area contributed by atoms with Crippen LogP contribution in [-0.4, -0.2) is 43.8 Å². The zero-order valence-electron chi connectivity index (χ0n) is 12.1. The van der Waals surface area contributed by atoms with Gasteiger partial charge in [0.25, 0.3) is 0 Å². The summed E-state index contributed by atoms with van der Waals surface area (Å²) in [5, 5.41) is 13.2. The molecule has 1 aliphatic carbocycles. The molecular weight excluding hydrogens is 236 g/mol. The highest BCUT2D eigenvalue weighted by molar-refractivity contribution is 5.24. The average Bonchev–Trinajstić information content (AvgIpc) is 3.26. The van der Waals surface area contributed by atoms with Crippen molar-refractivity contribution in [3.63, 3.8) is 0 Å². The molecule has 0 spiro atoms. The van der Waals surface area contributed by atoms with Crippen LogP contribution in [0.15, 0.2) is 30.3 Å². The van der Waals surface area contributed by atoms with Gasteiger partial charge in [0.1, 0.15) is 0 Å². The molecule has 2 N–H and O–H groups in total. The number of hydrogen-bond acceptors (Lipinski definition) is 3. The molecule has 3 nitrogen and oxygen atoms in total. The van der Waals surface area contributed by atoms with Gasteiger partial charge in [0.05, 0.1) is 12.1 Å². The Morgan fingerprint density at radius 3 is 2.53 bits per heavy atom. The number of benzene rings is 1. The molecular formula is C16H26N2O. The minimum absolute atomic E-state index is 0.130. The predicted molar refractivity (Wildman–Crippen MR) is 79.1 cm³/mol. The van der Waals surface area contributed by atoms with E-state index in [4.69, 9.17) is 0 Å². The van der Waals surface area contributed by atoms with Crippen LogP contribution in [0.5, 0.6) is 0 Å². The first-order valence-electron chi connectivity index (χ1n) is 7.24. The van der Waals surface area contributed by atoms with Crippen molar-refractivity contribution >= 4 is 0 Å². The maximum absolute atomic E-state index is 9.86. The first-order valence-corrected chi connectivity index (χ1v) is 7.24. The Hall–Kier alpha value is -0.900. The summed E-state index contributed by atoms with van der Waals surface area (Å²) in [5.41, 5.74) is 0.846. The van der Waals surface area contributed by atoms with Crippen LogP contribution in [0, 0.1) is 5.92 Å². The van der Waals surface area contributed by atoms with E-state index in [0.717, 1.165) is 18.9 Å². The van der Waals surface area contributed by atoms with Crippen molar-refractivity contribution in [1.29, 1.82) is 0 Å². The smallest absolute Gasteiger partial charge is 0.0678 e. The molecule has 3 heteroatoms. The van der Waals surface area contributed by atoms with Crippen molar-refractivity contribution in [2.24, 2.45) is 5.92 Å². The van der Waals surface area contributed by atoms with Crippen LogP contribution in [0.3, 0.4) is 0 Å². The van der Waals surface area contributed by atoms with Gasteiger partial charge in [-0.25, -0.2) is 0 Å². The van der Waals surface area contributed by atoms with Crippen molar-refractivity contribution in [2.75, 3.05) is 33.8 Å². The topological polar surface area (TPSA) is 35.5 Å². The molecule has 1 aliphatic rings. The van der Waals surface area contributed by atoms with Crippen LogP contribution < -0.4 is 5.32 Å². The third kappa shape index (κ3) is 3.78. The van der Waals surface area contributed by atoms with E-state index in [0.29, 0.717) is 0 Å². The van der Waals surface area contributed by atoms with Gasteiger partial charge < -0.3 is 15.3 Å². The molecule has 0 aromatic heterocycles. The second-order valence-corrected chi connectivity index (χ2v) is 5.81. The maximum atomic E-state index is 9.86. The largest absolute Gasteiger partial charge is 0.394 e. The first-order chi connectivity index (χ1) is 9.20. The van der Waals surface area contributed by atoms with Gasteiger partial charge in [-0.15, -0.1) is 0 Å². The van der Waals surface area contributed by atoms with Gasteiger partial charge in [-0.1, -0.05) is 30.3 Å². The summed E-state index contributed by atoms with van der Waals surface area (Å²) in [5.74, 6) is 0.917. The van der Waals surface area contributed by atoms with Crippen molar-refractivity contribution in [2.45, 2.75) is 24.8 Å². The highest BCUT2D eigenvalue weighted by Crippen LogP contribution is 2.30. The van der Waals surface area contributed by atoms with Gasteiger partial charge in [0.15, 0.2) is 0 Å². The number of rotatable bonds is 8. The molecule has 0 saturated heterocycles. The molecule has 1 aromatic rings. The summed E-state index contributed by atoms with van der Waals surface area (Å²) in [4.78, 5) is 2.39. The molecule has 1 fully saturated rings. The zero-order valence-corrected chi connectivity index (χ0v) is 12.1. The summed E-state index contributed by atoms with van der Waals surface area (Å²) < 4.78 is 0. The molecule has 1 aromatic carbocycles. The van der Waals surface area contributed by atoms with Gasteiger partial charge >= 0.3 is 0 Å². The number of hydrogen-bond donors (Lipinski definition) is 2. The fourth-order valence-electron chi connectivity index (χ4n) is 2.63. The zero-order chi connectivity index (χ0) is 13.7. The SMILES string of the molecule is CNC(CO)(CCN(C)CC1CC1)c1ccccc1. The number of aliphatic hydroxyl groups is 1. The Labute approximate surface area is 116 Å². The number of aliphatic hydroxyl groups excluding tert-OH is 1. The summed E-state index contributed by atoms with van der Waals surface area (Å²) >= 11 is 0. The summed E-state index contributed by atoms with van der Waals surface area (Å²) in [6, 6.07) is 10.3. The third-order valence-electron chi connectivity index (χ3n) is 4.26. The van der Waals surface area contributed by atoms with Crippen molar-refractivity contribution < 1.29 is 5.11 Å². The van der Waals surface area contributed by atoms with Gasteiger partial charge in [0.2, 0.25) is 0 Å². The van der Waals surface area contributed by atoms with E-state index in [9.17, 15) is 5.11 Å².